The van der Waals surface area contributed by atoms with Gasteiger partial charge in [-0.3, -0.25) is 4.79 Å². The van der Waals surface area contributed by atoms with E-state index in [9.17, 15) is 4.79 Å². The van der Waals surface area contributed by atoms with Crippen LogP contribution in [0, 0.1) is 12.8 Å². The van der Waals surface area contributed by atoms with Crippen LogP contribution in [0.3, 0.4) is 0 Å². The van der Waals surface area contributed by atoms with Gasteiger partial charge >= 0.3 is 0 Å². The highest BCUT2D eigenvalue weighted by molar-refractivity contribution is 5.94. The van der Waals surface area contributed by atoms with Crippen LogP contribution in [0.15, 0.2) is 24.3 Å². The Bertz CT molecular complexity index is 917. The molecule has 29 heavy (non-hydrogen) atoms. The number of amides is 1. The van der Waals surface area contributed by atoms with Gasteiger partial charge in [0.25, 0.3) is 5.91 Å². The molecule has 156 valence electrons. The van der Waals surface area contributed by atoms with E-state index in [2.05, 4.69) is 41.9 Å². The Balaban J connectivity index is 1.80. The summed E-state index contributed by atoms with van der Waals surface area (Å²) in [5.74, 6) is 1.52. The van der Waals surface area contributed by atoms with Crippen molar-refractivity contribution in [1.82, 2.24) is 14.8 Å². The normalized spacial score (nSPS) is 24.0. The second-order valence-electron chi connectivity index (χ2n) is 8.89. The molecule has 0 spiro atoms. The Hall–Kier alpha value is -2.27. The number of hydrogen-bond donors (Lipinski definition) is 1. The minimum atomic E-state index is 0.0606. The van der Waals surface area contributed by atoms with Crippen LogP contribution < -0.4 is 4.74 Å². The largest absolute Gasteiger partial charge is 0.497 e. The molecule has 4 rings (SSSR count). The summed E-state index contributed by atoms with van der Waals surface area (Å²) in [4.78, 5) is 20.5. The lowest BCUT2D eigenvalue weighted by Gasteiger charge is -2.51. The van der Waals surface area contributed by atoms with Crippen molar-refractivity contribution in [2.45, 2.75) is 38.5 Å². The molecule has 2 heterocycles. The number of nitrogens with one attached hydrogen (secondary N) is 1. The maximum absolute atomic E-state index is 12.7. The van der Waals surface area contributed by atoms with E-state index in [1.807, 2.05) is 20.2 Å². The molecule has 1 fully saturated rings. The number of hydrogen-bond acceptors (Lipinski definition) is 3. The van der Waals surface area contributed by atoms with Crippen LogP contribution in [-0.2, 0) is 18.3 Å². The summed E-state index contributed by atoms with van der Waals surface area (Å²) < 4.78 is 5.55. The first-order valence-corrected chi connectivity index (χ1v) is 10.7. The molecule has 1 aromatic carbocycles. The van der Waals surface area contributed by atoms with Gasteiger partial charge in [-0.05, 0) is 74.0 Å². The van der Waals surface area contributed by atoms with Crippen LogP contribution in [0.2, 0.25) is 0 Å². The Kier molecular flexibility index (Phi) is 5.19. The Morgan fingerprint density at radius 1 is 1.38 bits per heavy atom. The highest BCUT2D eigenvalue weighted by atomic mass is 16.5. The van der Waals surface area contributed by atoms with Crippen molar-refractivity contribution in [1.29, 1.82) is 0 Å². The quantitative estimate of drug-likeness (QED) is 0.863. The summed E-state index contributed by atoms with van der Waals surface area (Å²) in [6, 6.07) is 8.63. The molecule has 5 nitrogen and oxygen atoms in total. The second kappa shape index (κ2) is 7.52. The van der Waals surface area contributed by atoms with Crippen molar-refractivity contribution in [2.24, 2.45) is 5.92 Å². The van der Waals surface area contributed by atoms with E-state index < -0.39 is 0 Å². The fraction of sp³-hybridized carbons (Fsp3) is 0.542. The molecule has 1 aliphatic heterocycles. The van der Waals surface area contributed by atoms with Crippen LogP contribution in [0.1, 0.15) is 46.2 Å². The molecule has 0 radical (unpaired) electrons. The second-order valence-corrected chi connectivity index (χ2v) is 8.89. The lowest BCUT2D eigenvalue weighted by molar-refractivity contribution is 0.0820. The molecule has 2 aliphatic rings. The molecule has 1 aliphatic carbocycles. The number of carbonyl (C=O) groups is 1. The third kappa shape index (κ3) is 3.25. The van der Waals surface area contributed by atoms with Gasteiger partial charge in [0.1, 0.15) is 11.4 Å². The van der Waals surface area contributed by atoms with Crippen molar-refractivity contribution >= 4 is 5.91 Å². The highest BCUT2D eigenvalue weighted by Crippen LogP contribution is 2.49. The van der Waals surface area contributed by atoms with Crippen molar-refractivity contribution in [3.8, 4) is 5.75 Å². The molecular weight excluding hydrogens is 362 g/mol. The van der Waals surface area contributed by atoms with Gasteiger partial charge in [-0.1, -0.05) is 19.1 Å². The fourth-order valence-corrected chi connectivity index (χ4v) is 5.46. The molecular formula is C24H33N3O2. The number of likely N-dealkylation sites (tertiary alicyclic amines) is 1. The molecule has 1 amide bonds. The zero-order valence-electron chi connectivity index (χ0n) is 18.3. The summed E-state index contributed by atoms with van der Waals surface area (Å²) in [5, 5.41) is 0. The maximum Gasteiger partial charge on any atom is 0.270 e. The zero-order chi connectivity index (χ0) is 20.8. The highest BCUT2D eigenvalue weighted by Gasteiger charge is 2.48. The van der Waals surface area contributed by atoms with Gasteiger partial charge in [0.2, 0.25) is 0 Å². The Morgan fingerprint density at radius 3 is 2.86 bits per heavy atom. The molecule has 0 unspecified atom stereocenters. The van der Waals surface area contributed by atoms with E-state index in [-0.39, 0.29) is 11.3 Å². The number of benzene rings is 1. The molecule has 5 heteroatoms. The predicted molar refractivity (Wildman–Crippen MR) is 116 cm³/mol. The van der Waals surface area contributed by atoms with E-state index in [0.29, 0.717) is 5.92 Å². The number of aromatic nitrogens is 1. The number of methoxy groups -OCH3 is 1. The van der Waals surface area contributed by atoms with E-state index in [1.54, 1.807) is 12.0 Å². The van der Waals surface area contributed by atoms with Crippen LogP contribution >= 0.6 is 0 Å². The first-order valence-electron chi connectivity index (χ1n) is 10.7. The molecule has 0 bridgehead atoms. The zero-order valence-corrected chi connectivity index (χ0v) is 18.3. The number of nitrogens with zero attached hydrogens (tertiary/aromatic N) is 2. The monoisotopic (exact) mass is 395 g/mol. The van der Waals surface area contributed by atoms with Crippen LogP contribution in [-0.4, -0.2) is 61.5 Å². The minimum absolute atomic E-state index is 0.0606. The molecule has 1 saturated heterocycles. The Labute approximate surface area is 174 Å². The number of piperidine rings is 1. The summed E-state index contributed by atoms with van der Waals surface area (Å²) in [6.45, 7) is 7.67. The lowest BCUT2D eigenvalue weighted by Crippen LogP contribution is -2.53. The van der Waals surface area contributed by atoms with Gasteiger partial charge in [-0.2, -0.15) is 0 Å². The SMILES string of the molecule is CCN1CC[C@@]2(c3cccc(OC)c3)Cc3[nH]c(C(=O)N(C)C)c(C)c3C[C@@H]2C1. The van der Waals surface area contributed by atoms with Crippen molar-refractivity contribution in [3.63, 3.8) is 0 Å². The van der Waals surface area contributed by atoms with Crippen molar-refractivity contribution in [2.75, 3.05) is 40.8 Å². The molecule has 2 aromatic rings. The van der Waals surface area contributed by atoms with Crippen molar-refractivity contribution < 1.29 is 9.53 Å². The van der Waals surface area contributed by atoms with E-state index in [1.165, 1.54) is 16.8 Å². The summed E-state index contributed by atoms with van der Waals surface area (Å²) >= 11 is 0. The third-order valence-corrected chi connectivity index (χ3v) is 7.26. The molecule has 0 saturated carbocycles. The topological polar surface area (TPSA) is 48.6 Å². The van der Waals surface area contributed by atoms with Crippen LogP contribution in [0.25, 0.3) is 0 Å². The summed E-state index contributed by atoms with van der Waals surface area (Å²) in [7, 11) is 5.37. The third-order valence-electron chi connectivity index (χ3n) is 7.26. The average molecular weight is 396 g/mol. The number of carbonyl (C=O) groups excluding carboxylic acids is 1. The van der Waals surface area contributed by atoms with Gasteiger partial charge in [0, 0.05) is 31.7 Å². The summed E-state index contributed by atoms with van der Waals surface area (Å²) in [6.07, 6.45) is 3.11. The number of ether oxygens (including phenoxy) is 1. The first kappa shape index (κ1) is 20.0. The molecule has 1 aromatic heterocycles. The van der Waals surface area contributed by atoms with E-state index in [0.717, 1.165) is 55.9 Å². The van der Waals surface area contributed by atoms with Gasteiger partial charge in [-0.15, -0.1) is 0 Å². The summed E-state index contributed by atoms with van der Waals surface area (Å²) in [5.41, 5.74) is 5.95. The maximum atomic E-state index is 12.7. The number of H-pyrrole nitrogens is 1. The van der Waals surface area contributed by atoms with Gasteiger partial charge in [0.05, 0.1) is 7.11 Å². The smallest absolute Gasteiger partial charge is 0.270 e. The molecule has 1 N–H and O–H groups in total. The lowest BCUT2D eigenvalue weighted by atomic mass is 9.58. The van der Waals surface area contributed by atoms with Crippen LogP contribution in [0.5, 0.6) is 5.75 Å². The molecule has 2 atom stereocenters. The first-order chi connectivity index (χ1) is 13.9. The van der Waals surface area contributed by atoms with Gasteiger partial charge in [0.15, 0.2) is 0 Å². The van der Waals surface area contributed by atoms with Crippen molar-refractivity contribution in [3.05, 3.63) is 52.3 Å². The Morgan fingerprint density at radius 2 is 2.17 bits per heavy atom. The van der Waals surface area contributed by atoms with E-state index >= 15 is 0 Å². The standard InChI is InChI=1S/C24H33N3O2/c1-6-27-11-10-24(17-8-7-9-19(12-17)29-5)14-21-20(13-18(24)15-27)16(2)22(25-21)23(28)26(3)4/h7-9,12,18,25H,6,10-11,13-15H2,1-5H3/t18-,24+/m1/s1. The minimum Gasteiger partial charge on any atom is -0.497 e. The fourth-order valence-electron chi connectivity index (χ4n) is 5.46. The number of rotatable bonds is 4. The van der Waals surface area contributed by atoms with Gasteiger partial charge in [-0.25, -0.2) is 0 Å². The van der Waals surface area contributed by atoms with E-state index in [4.69, 9.17) is 4.74 Å². The number of aromatic amines is 1. The average Bonchev–Trinajstić information content (AvgIpc) is 3.06. The van der Waals surface area contributed by atoms with Crippen LogP contribution in [0.4, 0.5) is 0 Å². The van der Waals surface area contributed by atoms with Gasteiger partial charge < -0.3 is 19.5 Å². The number of fused-ring (bicyclic) bond motifs is 2. The predicted octanol–water partition coefficient (Wildman–Crippen LogP) is 3.41.